The molecule has 0 bridgehead atoms. The van der Waals surface area contributed by atoms with E-state index >= 15 is 0 Å². The molecule has 0 saturated carbocycles. The molecule has 106 valence electrons. The summed E-state index contributed by atoms with van der Waals surface area (Å²) in [4.78, 5) is 11.7. The second-order valence-electron chi connectivity index (χ2n) is 4.84. The van der Waals surface area contributed by atoms with E-state index in [4.69, 9.17) is 5.11 Å². The number of nitrogens with one attached hydrogen (secondary N) is 2. The van der Waals surface area contributed by atoms with E-state index in [0.29, 0.717) is 0 Å². The van der Waals surface area contributed by atoms with Crippen LogP contribution in [-0.4, -0.2) is 54.1 Å². The number of carbonyl (C=O) groups is 1. The van der Waals surface area contributed by atoms with E-state index in [9.17, 15) is 23.1 Å². The first-order chi connectivity index (χ1) is 8.15. The van der Waals surface area contributed by atoms with Crippen LogP contribution in [0.4, 0.5) is 13.2 Å². The molecule has 0 aliphatic carbocycles. The van der Waals surface area contributed by atoms with E-state index in [1.165, 1.54) is 6.92 Å². The molecule has 2 atom stereocenters. The average Bonchev–Trinajstić information content (AvgIpc) is 2.75. The molecule has 5 nitrogen and oxygen atoms in total. The van der Waals surface area contributed by atoms with Gasteiger partial charge >= 0.3 is 6.18 Å². The zero-order chi connectivity index (χ0) is 14.0. The Morgan fingerprint density at radius 3 is 2.50 bits per heavy atom. The Balaban J connectivity index is 2.74. The van der Waals surface area contributed by atoms with Crippen LogP contribution in [0.2, 0.25) is 0 Å². The topological polar surface area (TPSA) is 81.6 Å². The van der Waals surface area contributed by atoms with Crippen LogP contribution >= 0.6 is 0 Å². The first-order valence-corrected chi connectivity index (χ1v) is 5.54. The van der Waals surface area contributed by atoms with Gasteiger partial charge in [0, 0.05) is 13.1 Å². The van der Waals surface area contributed by atoms with Crippen molar-refractivity contribution in [3.8, 4) is 0 Å². The molecular formula is C10H17F3N2O3. The molecule has 1 heterocycles. The van der Waals surface area contributed by atoms with Gasteiger partial charge in [-0.2, -0.15) is 13.2 Å². The fourth-order valence-electron chi connectivity index (χ4n) is 1.75. The molecule has 1 rings (SSSR count). The molecule has 0 aromatic rings. The summed E-state index contributed by atoms with van der Waals surface area (Å²) in [6.45, 7) is -0.210. The molecule has 0 aromatic carbocycles. The molecule has 2 unspecified atom stereocenters. The molecule has 1 saturated heterocycles. The minimum absolute atomic E-state index is 0.114. The normalized spacial score (nSPS) is 27.9. The van der Waals surface area contributed by atoms with E-state index in [2.05, 4.69) is 10.6 Å². The number of aliphatic hydroxyl groups excluding tert-OH is 1. The van der Waals surface area contributed by atoms with Gasteiger partial charge in [-0.25, -0.2) is 0 Å². The van der Waals surface area contributed by atoms with Crippen molar-refractivity contribution in [2.45, 2.75) is 25.1 Å². The minimum Gasteiger partial charge on any atom is -0.393 e. The fourth-order valence-corrected chi connectivity index (χ4v) is 1.75. The van der Waals surface area contributed by atoms with Crippen molar-refractivity contribution in [2.75, 3.05) is 26.2 Å². The van der Waals surface area contributed by atoms with Gasteiger partial charge in [-0.1, -0.05) is 0 Å². The van der Waals surface area contributed by atoms with Crippen LogP contribution in [0, 0.1) is 5.41 Å². The summed E-state index contributed by atoms with van der Waals surface area (Å²) >= 11 is 0. The largest absolute Gasteiger partial charge is 0.404 e. The third-order valence-electron chi connectivity index (χ3n) is 3.10. The summed E-state index contributed by atoms with van der Waals surface area (Å²) in [7, 11) is 0. The summed E-state index contributed by atoms with van der Waals surface area (Å²) in [5.41, 5.74) is -4.08. The molecule has 0 radical (unpaired) electrons. The van der Waals surface area contributed by atoms with Crippen LogP contribution in [0.1, 0.15) is 13.3 Å². The molecule has 1 aliphatic rings. The van der Waals surface area contributed by atoms with Gasteiger partial charge in [-0.3, -0.25) is 4.79 Å². The van der Waals surface area contributed by atoms with Gasteiger partial charge in [0.25, 0.3) is 0 Å². The van der Waals surface area contributed by atoms with E-state index in [1.807, 2.05) is 0 Å². The summed E-state index contributed by atoms with van der Waals surface area (Å²) in [5.74, 6) is -1.17. The van der Waals surface area contributed by atoms with Crippen LogP contribution < -0.4 is 10.6 Å². The van der Waals surface area contributed by atoms with Crippen LogP contribution in [0.3, 0.4) is 0 Å². The maximum atomic E-state index is 13.0. The van der Waals surface area contributed by atoms with E-state index in [0.717, 1.165) is 0 Å². The molecule has 1 aliphatic heterocycles. The minimum atomic E-state index is -4.65. The molecule has 0 spiro atoms. The molecule has 8 heteroatoms. The van der Waals surface area contributed by atoms with Crippen molar-refractivity contribution in [1.29, 1.82) is 0 Å². The number of hydrogen-bond acceptors (Lipinski definition) is 4. The van der Waals surface area contributed by atoms with Gasteiger partial charge < -0.3 is 20.8 Å². The second kappa shape index (κ2) is 5.02. The highest BCUT2D eigenvalue weighted by atomic mass is 19.4. The van der Waals surface area contributed by atoms with Crippen molar-refractivity contribution in [1.82, 2.24) is 10.6 Å². The highest BCUT2D eigenvalue weighted by molar-refractivity contribution is 5.84. The van der Waals surface area contributed by atoms with E-state index < -0.39 is 42.8 Å². The lowest BCUT2D eigenvalue weighted by molar-refractivity contribution is -0.216. The number of carbonyl (C=O) groups excluding carboxylic acids is 1. The van der Waals surface area contributed by atoms with E-state index in [1.54, 1.807) is 0 Å². The number of rotatable bonds is 4. The predicted molar refractivity (Wildman–Crippen MR) is 56.7 cm³/mol. The zero-order valence-electron chi connectivity index (χ0n) is 9.97. The smallest absolute Gasteiger partial charge is 0.393 e. The Morgan fingerprint density at radius 2 is 2.11 bits per heavy atom. The number of aliphatic hydroxyl groups is 2. The Labute approximate surface area is 102 Å². The lowest BCUT2D eigenvalue weighted by Crippen LogP contribution is -2.55. The molecular weight excluding hydrogens is 253 g/mol. The monoisotopic (exact) mass is 270 g/mol. The second-order valence-corrected chi connectivity index (χ2v) is 4.84. The Hall–Kier alpha value is -0.860. The Morgan fingerprint density at radius 1 is 1.50 bits per heavy atom. The Bertz CT molecular complexity index is 312. The third-order valence-corrected chi connectivity index (χ3v) is 3.10. The first-order valence-electron chi connectivity index (χ1n) is 5.54. The Kier molecular flexibility index (Phi) is 4.24. The van der Waals surface area contributed by atoms with Crippen molar-refractivity contribution in [2.24, 2.45) is 5.41 Å². The van der Waals surface area contributed by atoms with Gasteiger partial charge in [0.15, 0.2) is 5.41 Å². The van der Waals surface area contributed by atoms with E-state index in [-0.39, 0.29) is 13.0 Å². The molecule has 0 aromatic heterocycles. The first kappa shape index (κ1) is 15.2. The van der Waals surface area contributed by atoms with Gasteiger partial charge in [0.1, 0.15) is 5.60 Å². The average molecular weight is 270 g/mol. The molecule has 18 heavy (non-hydrogen) atoms. The number of amides is 1. The quantitative estimate of drug-likeness (QED) is 0.549. The third kappa shape index (κ3) is 2.93. The molecule has 1 fully saturated rings. The zero-order valence-corrected chi connectivity index (χ0v) is 9.97. The van der Waals surface area contributed by atoms with Crippen LogP contribution in [-0.2, 0) is 4.79 Å². The van der Waals surface area contributed by atoms with Gasteiger partial charge in [-0.05, 0) is 19.9 Å². The summed E-state index contributed by atoms with van der Waals surface area (Å²) in [6, 6.07) is 0. The maximum Gasteiger partial charge on any atom is 0.404 e. The highest BCUT2D eigenvalue weighted by Gasteiger charge is 2.61. The van der Waals surface area contributed by atoms with Gasteiger partial charge in [0.2, 0.25) is 5.91 Å². The SMILES string of the molecule is CC(O)(CO)CNC(=O)C1(C(F)(F)F)CCNC1. The van der Waals surface area contributed by atoms with Gasteiger partial charge in [-0.15, -0.1) is 0 Å². The van der Waals surface area contributed by atoms with Crippen molar-refractivity contribution in [3.63, 3.8) is 0 Å². The summed E-state index contributed by atoms with van der Waals surface area (Å²) in [5, 5.41) is 22.8. The maximum absolute atomic E-state index is 13.0. The number of hydrogen-bond donors (Lipinski definition) is 4. The van der Waals surface area contributed by atoms with Crippen LogP contribution in [0.15, 0.2) is 0 Å². The standard InChI is InChI=1S/C10H17F3N2O3/c1-8(18,6-16)4-15-7(17)9(10(11,12)13)2-3-14-5-9/h14,16,18H,2-6H2,1H3,(H,15,17). The lowest BCUT2D eigenvalue weighted by atomic mass is 9.85. The number of alkyl halides is 3. The van der Waals surface area contributed by atoms with Crippen molar-refractivity contribution >= 4 is 5.91 Å². The van der Waals surface area contributed by atoms with Crippen molar-refractivity contribution in [3.05, 3.63) is 0 Å². The molecule has 4 N–H and O–H groups in total. The highest BCUT2D eigenvalue weighted by Crippen LogP contribution is 2.43. The molecule has 1 amide bonds. The number of halogens is 3. The fraction of sp³-hybridized carbons (Fsp3) is 0.900. The predicted octanol–water partition coefficient (Wildman–Crippen LogP) is -0.612. The van der Waals surface area contributed by atoms with Crippen LogP contribution in [0.25, 0.3) is 0 Å². The summed E-state index contributed by atoms with van der Waals surface area (Å²) < 4.78 is 38.9. The van der Waals surface area contributed by atoms with Crippen molar-refractivity contribution < 1.29 is 28.2 Å². The summed E-state index contributed by atoms with van der Waals surface area (Å²) in [6.07, 6.45) is -4.98. The van der Waals surface area contributed by atoms with Gasteiger partial charge in [0.05, 0.1) is 6.61 Å². The van der Waals surface area contributed by atoms with Crippen LogP contribution in [0.5, 0.6) is 0 Å². The lowest BCUT2D eigenvalue weighted by Gasteiger charge is -2.31.